The number of nitrogens with zero attached hydrogens (tertiary/aromatic N) is 1. The summed E-state index contributed by atoms with van der Waals surface area (Å²) < 4.78 is 26.9. The van der Waals surface area contributed by atoms with Crippen molar-refractivity contribution in [3.8, 4) is 0 Å². The lowest BCUT2D eigenvalue weighted by Gasteiger charge is -2.06. The van der Waals surface area contributed by atoms with Crippen molar-refractivity contribution in [1.29, 1.82) is 0 Å². The molecule has 0 aliphatic heterocycles. The Morgan fingerprint density at radius 1 is 1.13 bits per heavy atom. The van der Waals surface area contributed by atoms with Gasteiger partial charge in [-0.15, -0.1) is 0 Å². The predicted molar refractivity (Wildman–Crippen MR) is 91.6 cm³/mol. The van der Waals surface area contributed by atoms with Crippen molar-refractivity contribution in [3.63, 3.8) is 0 Å². The number of aromatic amines is 1. The van der Waals surface area contributed by atoms with Gasteiger partial charge in [0.15, 0.2) is 0 Å². The standard InChI is InChI=1S/C17H19N3O2S/c1-13-5-4-6-14(11-13)12-23(21,22)18-10-9-17-19-15-7-2-3-8-16(15)20-17/h2-8,11,18H,9-10,12H2,1H3,(H,19,20). The topological polar surface area (TPSA) is 74.8 Å². The second kappa shape index (κ2) is 6.52. The van der Waals surface area contributed by atoms with Crippen molar-refractivity contribution < 1.29 is 8.42 Å². The van der Waals surface area contributed by atoms with Crippen LogP contribution in [-0.4, -0.2) is 24.9 Å². The van der Waals surface area contributed by atoms with E-state index >= 15 is 0 Å². The highest BCUT2D eigenvalue weighted by atomic mass is 32.2. The van der Waals surface area contributed by atoms with Crippen LogP contribution in [0.4, 0.5) is 0 Å². The second-order valence-electron chi connectivity index (χ2n) is 5.59. The first kappa shape index (κ1) is 15.7. The van der Waals surface area contributed by atoms with Crippen LogP contribution in [-0.2, 0) is 22.2 Å². The lowest BCUT2D eigenvalue weighted by Crippen LogP contribution is -2.27. The fourth-order valence-corrected chi connectivity index (χ4v) is 3.65. The van der Waals surface area contributed by atoms with Gasteiger partial charge in [0.25, 0.3) is 0 Å². The van der Waals surface area contributed by atoms with E-state index in [1.54, 1.807) is 0 Å². The van der Waals surface area contributed by atoms with Crippen LogP contribution >= 0.6 is 0 Å². The zero-order chi connectivity index (χ0) is 16.3. The van der Waals surface area contributed by atoms with E-state index in [2.05, 4.69) is 14.7 Å². The quantitative estimate of drug-likeness (QED) is 0.730. The van der Waals surface area contributed by atoms with E-state index in [-0.39, 0.29) is 5.75 Å². The normalized spacial score (nSPS) is 11.9. The highest BCUT2D eigenvalue weighted by Gasteiger charge is 2.11. The summed E-state index contributed by atoms with van der Waals surface area (Å²) in [7, 11) is -3.34. The number of aryl methyl sites for hydroxylation is 1. The molecular weight excluding hydrogens is 310 g/mol. The summed E-state index contributed by atoms with van der Waals surface area (Å²) in [4.78, 5) is 7.63. The lowest BCUT2D eigenvalue weighted by atomic mass is 10.2. The number of para-hydroxylation sites is 2. The zero-order valence-electron chi connectivity index (χ0n) is 12.9. The van der Waals surface area contributed by atoms with Crippen LogP contribution in [0.15, 0.2) is 48.5 Å². The van der Waals surface area contributed by atoms with E-state index in [1.807, 2.05) is 55.5 Å². The molecule has 0 fully saturated rings. The molecule has 1 heterocycles. The molecule has 120 valence electrons. The number of nitrogens with one attached hydrogen (secondary N) is 2. The van der Waals surface area contributed by atoms with Gasteiger partial charge in [0.05, 0.1) is 16.8 Å². The van der Waals surface area contributed by atoms with Crippen LogP contribution in [0.25, 0.3) is 11.0 Å². The Hall–Kier alpha value is -2.18. The Balaban J connectivity index is 1.58. The number of rotatable bonds is 6. The van der Waals surface area contributed by atoms with Gasteiger partial charge in [-0.2, -0.15) is 0 Å². The lowest BCUT2D eigenvalue weighted by molar-refractivity contribution is 0.580. The van der Waals surface area contributed by atoms with Crippen molar-refractivity contribution in [1.82, 2.24) is 14.7 Å². The molecule has 3 rings (SSSR count). The Labute approximate surface area is 135 Å². The van der Waals surface area contributed by atoms with E-state index in [1.165, 1.54) is 0 Å². The molecule has 0 saturated heterocycles. The van der Waals surface area contributed by atoms with Crippen LogP contribution in [0.5, 0.6) is 0 Å². The Bertz CT molecular complexity index is 883. The van der Waals surface area contributed by atoms with E-state index in [4.69, 9.17) is 0 Å². The summed E-state index contributed by atoms with van der Waals surface area (Å²) in [6.45, 7) is 2.28. The molecule has 2 aromatic carbocycles. The first-order chi connectivity index (χ1) is 11.0. The molecule has 23 heavy (non-hydrogen) atoms. The zero-order valence-corrected chi connectivity index (χ0v) is 13.7. The third-order valence-electron chi connectivity index (χ3n) is 3.56. The van der Waals surface area contributed by atoms with E-state index in [0.29, 0.717) is 13.0 Å². The summed E-state index contributed by atoms with van der Waals surface area (Å²) in [5, 5.41) is 0. The molecule has 0 atom stereocenters. The highest BCUT2D eigenvalue weighted by Crippen LogP contribution is 2.11. The number of aromatic nitrogens is 2. The average molecular weight is 329 g/mol. The minimum absolute atomic E-state index is 0.00515. The molecule has 0 amide bonds. The van der Waals surface area contributed by atoms with Crippen LogP contribution in [0, 0.1) is 6.92 Å². The van der Waals surface area contributed by atoms with Crippen molar-refractivity contribution in [2.75, 3.05) is 6.54 Å². The number of benzene rings is 2. The first-order valence-electron chi connectivity index (χ1n) is 7.48. The van der Waals surface area contributed by atoms with Crippen LogP contribution in [0.3, 0.4) is 0 Å². The van der Waals surface area contributed by atoms with E-state index in [0.717, 1.165) is 28.0 Å². The van der Waals surface area contributed by atoms with Gasteiger partial charge in [0.1, 0.15) is 5.82 Å². The SMILES string of the molecule is Cc1cccc(CS(=O)(=O)NCCc2nc3ccccc3[nH]2)c1. The van der Waals surface area contributed by atoms with Crippen molar-refractivity contribution in [2.45, 2.75) is 19.1 Å². The van der Waals surface area contributed by atoms with Gasteiger partial charge in [0.2, 0.25) is 10.0 Å². The van der Waals surface area contributed by atoms with Gasteiger partial charge in [0, 0.05) is 13.0 Å². The average Bonchev–Trinajstić information content (AvgIpc) is 2.89. The number of hydrogen-bond donors (Lipinski definition) is 2. The Kier molecular flexibility index (Phi) is 4.45. The van der Waals surface area contributed by atoms with Gasteiger partial charge in [-0.05, 0) is 24.6 Å². The largest absolute Gasteiger partial charge is 0.342 e. The van der Waals surface area contributed by atoms with Crippen LogP contribution in [0.2, 0.25) is 0 Å². The summed E-state index contributed by atoms with van der Waals surface area (Å²) in [5.41, 5.74) is 3.71. The minimum atomic E-state index is -3.34. The summed E-state index contributed by atoms with van der Waals surface area (Å²) in [5.74, 6) is 0.777. The predicted octanol–water partition coefficient (Wildman–Crippen LogP) is 2.53. The molecule has 3 aromatic rings. The molecule has 6 heteroatoms. The molecule has 0 saturated carbocycles. The number of H-pyrrole nitrogens is 1. The molecule has 5 nitrogen and oxygen atoms in total. The number of imidazole rings is 1. The summed E-state index contributed by atoms with van der Waals surface area (Å²) in [6.07, 6.45) is 0.529. The second-order valence-corrected chi connectivity index (χ2v) is 7.40. The van der Waals surface area contributed by atoms with Gasteiger partial charge < -0.3 is 4.98 Å². The maximum Gasteiger partial charge on any atom is 0.215 e. The first-order valence-corrected chi connectivity index (χ1v) is 9.13. The molecule has 2 N–H and O–H groups in total. The van der Waals surface area contributed by atoms with Crippen LogP contribution in [0.1, 0.15) is 17.0 Å². The van der Waals surface area contributed by atoms with Gasteiger partial charge in [-0.1, -0.05) is 42.0 Å². The molecule has 0 aliphatic rings. The summed E-state index contributed by atoms with van der Waals surface area (Å²) >= 11 is 0. The van der Waals surface area contributed by atoms with Crippen molar-refractivity contribution >= 4 is 21.1 Å². The third kappa shape index (κ3) is 4.18. The van der Waals surface area contributed by atoms with Crippen molar-refractivity contribution in [3.05, 3.63) is 65.5 Å². The number of fused-ring (bicyclic) bond motifs is 1. The van der Waals surface area contributed by atoms with Crippen molar-refractivity contribution in [2.24, 2.45) is 0 Å². The van der Waals surface area contributed by atoms with Gasteiger partial charge in [-0.25, -0.2) is 18.1 Å². The molecule has 0 spiro atoms. The fraction of sp³-hybridized carbons (Fsp3) is 0.235. The molecular formula is C17H19N3O2S. The molecule has 0 aliphatic carbocycles. The fourth-order valence-electron chi connectivity index (χ4n) is 2.52. The Morgan fingerprint density at radius 2 is 1.96 bits per heavy atom. The maximum absolute atomic E-state index is 12.1. The molecule has 0 bridgehead atoms. The van der Waals surface area contributed by atoms with E-state index < -0.39 is 10.0 Å². The maximum atomic E-state index is 12.1. The van der Waals surface area contributed by atoms with E-state index in [9.17, 15) is 8.42 Å². The highest BCUT2D eigenvalue weighted by molar-refractivity contribution is 7.88. The molecule has 0 unspecified atom stereocenters. The smallest absolute Gasteiger partial charge is 0.215 e. The van der Waals surface area contributed by atoms with Gasteiger partial charge >= 0.3 is 0 Å². The van der Waals surface area contributed by atoms with Crippen LogP contribution < -0.4 is 4.72 Å². The third-order valence-corrected chi connectivity index (χ3v) is 4.92. The van der Waals surface area contributed by atoms with Gasteiger partial charge in [-0.3, -0.25) is 0 Å². The summed E-state index contributed by atoms with van der Waals surface area (Å²) in [6, 6.07) is 15.3. The monoisotopic (exact) mass is 329 g/mol. The number of sulfonamides is 1. The minimum Gasteiger partial charge on any atom is -0.342 e. The molecule has 1 aromatic heterocycles. The molecule has 0 radical (unpaired) electrons. The Morgan fingerprint density at radius 3 is 2.74 bits per heavy atom. The number of hydrogen-bond acceptors (Lipinski definition) is 3.